The zero-order valence-corrected chi connectivity index (χ0v) is 18.6. The lowest BCUT2D eigenvalue weighted by molar-refractivity contribution is 0.0526. The first kappa shape index (κ1) is 22.4. The van der Waals surface area contributed by atoms with Gasteiger partial charge in [0.1, 0.15) is 0 Å². The molecule has 0 unspecified atom stereocenters. The van der Waals surface area contributed by atoms with Gasteiger partial charge in [0.2, 0.25) is 0 Å². The van der Waals surface area contributed by atoms with Gasteiger partial charge in [-0.25, -0.2) is 4.79 Å². The number of carbonyl (C=O) groups is 2. The maximum atomic E-state index is 12.7. The normalized spacial score (nSPS) is 10.8. The molecular formula is C21H24BrClN2O3. The number of hydrogen-bond acceptors (Lipinski definition) is 4. The number of hydrogen-bond donors (Lipinski definition) is 1. The van der Waals surface area contributed by atoms with Crippen molar-refractivity contribution < 1.29 is 14.3 Å². The van der Waals surface area contributed by atoms with Crippen LogP contribution >= 0.6 is 27.5 Å². The molecule has 2 aromatic rings. The minimum Gasteiger partial charge on any atom is -0.462 e. The molecule has 7 heteroatoms. The molecule has 0 saturated carbocycles. The number of ether oxygens (including phenoxy) is 1. The summed E-state index contributed by atoms with van der Waals surface area (Å²) in [5.41, 5.74) is 2.42. The highest BCUT2D eigenvalue weighted by atomic mass is 79.9. The van der Waals surface area contributed by atoms with E-state index < -0.39 is 0 Å². The fourth-order valence-electron chi connectivity index (χ4n) is 2.74. The number of amides is 1. The predicted octanol–water partition coefficient (Wildman–Crippen LogP) is 5.37. The first-order valence-electron chi connectivity index (χ1n) is 9.18. The Bertz CT molecular complexity index is 836. The van der Waals surface area contributed by atoms with Crippen molar-refractivity contribution in [3.63, 3.8) is 0 Å². The standard InChI is InChI=1S/C21H24BrClN2O3/c1-4-25(5-2)13-16-11-15(21(27)28-6-3)12-18(22)19(16)24-20(26)14-7-9-17(23)10-8-14/h7-12H,4-6,13H2,1-3H3,(H,24,26). The Balaban J connectivity index is 2.40. The van der Waals surface area contributed by atoms with Crippen LogP contribution in [0.1, 0.15) is 47.1 Å². The van der Waals surface area contributed by atoms with E-state index >= 15 is 0 Å². The van der Waals surface area contributed by atoms with E-state index in [1.54, 1.807) is 43.3 Å². The Morgan fingerprint density at radius 2 is 1.71 bits per heavy atom. The van der Waals surface area contributed by atoms with Crippen LogP contribution in [0.5, 0.6) is 0 Å². The van der Waals surface area contributed by atoms with E-state index in [2.05, 4.69) is 40.0 Å². The monoisotopic (exact) mass is 466 g/mol. The van der Waals surface area contributed by atoms with Gasteiger partial charge in [-0.05, 0) is 77.9 Å². The molecule has 0 aromatic heterocycles. The van der Waals surface area contributed by atoms with Gasteiger partial charge in [-0.1, -0.05) is 25.4 Å². The zero-order valence-electron chi connectivity index (χ0n) is 16.2. The Hall–Kier alpha value is -1.89. The van der Waals surface area contributed by atoms with E-state index in [1.165, 1.54) is 0 Å². The summed E-state index contributed by atoms with van der Waals surface area (Å²) < 4.78 is 5.75. The topological polar surface area (TPSA) is 58.6 Å². The second-order valence-electron chi connectivity index (χ2n) is 6.14. The summed E-state index contributed by atoms with van der Waals surface area (Å²) in [5.74, 6) is -0.637. The fourth-order valence-corrected chi connectivity index (χ4v) is 3.46. The zero-order chi connectivity index (χ0) is 20.7. The van der Waals surface area contributed by atoms with Crippen LogP contribution in [0.25, 0.3) is 0 Å². The van der Waals surface area contributed by atoms with Crippen molar-refractivity contribution in [2.75, 3.05) is 25.0 Å². The van der Waals surface area contributed by atoms with Gasteiger partial charge < -0.3 is 10.1 Å². The number of carbonyl (C=O) groups excluding carboxylic acids is 2. The SMILES string of the molecule is CCOC(=O)c1cc(Br)c(NC(=O)c2ccc(Cl)cc2)c(CN(CC)CC)c1. The van der Waals surface area contributed by atoms with Gasteiger partial charge in [-0.15, -0.1) is 0 Å². The third-order valence-electron chi connectivity index (χ3n) is 4.32. The highest BCUT2D eigenvalue weighted by Crippen LogP contribution is 2.30. The van der Waals surface area contributed by atoms with E-state index in [0.717, 1.165) is 18.7 Å². The maximum Gasteiger partial charge on any atom is 0.338 e. The quantitative estimate of drug-likeness (QED) is 0.530. The molecule has 5 nitrogen and oxygen atoms in total. The Morgan fingerprint density at radius 1 is 1.07 bits per heavy atom. The average molecular weight is 468 g/mol. The molecule has 0 aliphatic heterocycles. The molecule has 2 rings (SSSR count). The van der Waals surface area contributed by atoms with E-state index in [9.17, 15) is 9.59 Å². The van der Waals surface area contributed by atoms with Gasteiger partial charge in [0, 0.05) is 21.6 Å². The number of halogens is 2. The van der Waals surface area contributed by atoms with Crippen molar-refractivity contribution in [2.24, 2.45) is 0 Å². The molecule has 0 saturated heterocycles. The van der Waals surface area contributed by atoms with Crippen molar-refractivity contribution in [1.29, 1.82) is 0 Å². The lowest BCUT2D eigenvalue weighted by Crippen LogP contribution is -2.24. The summed E-state index contributed by atoms with van der Waals surface area (Å²) in [6.45, 7) is 8.50. The smallest absolute Gasteiger partial charge is 0.338 e. The molecule has 0 spiro atoms. The molecule has 0 bridgehead atoms. The Labute approximate surface area is 179 Å². The van der Waals surface area contributed by atoms with Crippen LogP contribution in [0, 0.1) is 0 Å². The van der Waals surface area contributed by atoms with Gasteiger partial charge in [0.05, 0.1) is 17.9 Å². The summed E-state index contributed by atoms with van der Waals surface area (Å²) in [4.78, 5) is 27.1. The fraction of sp³-hybridized carbons (Fsp3) is 0.333. The maximum absolute atomic E-state index is 12.7. The molecule has 150 valence electrons. The van der Waals surface area contributed by atoms with Crippen molar-refractivity contribution in [3.8, 4) is 0 Å². The van der Waals surface area contributed by atoms with Crippen LogP contribution in [0.3, 0.4) is 0 Å². The van der Waals surface area contributed by atoms with Crippen molar-refractivity contribution in [2.45, 2.75) is 27.3 Å². The summed E-state index contributed by atoms with van der Waals surface area (Å²) in [6, 6.07) is 10.1. The molecular weight excluding hydrogens is 444 g/mol. The molecule has 0 aliphatic carbocycles. The number of nitrogens with one attached hydrogen (secondary N) is 1. The minimum atomic E-state index is -0.389. The summed E-state index contributed by atoms with van der Waals surface area (Å²) in [5, 5.41) is 3.53. The van der Waals surface area contributed by atoms with Crippen LogP contribution < -0.4 is 5.32 Å². The molecule has 0 heterocycles. The minimum absolute atomic E-state index is 0.248. The Morgan fingerprint density at radius 3 is 2.29 bits per heavy atom. The van der Waals surface area contributed by atoms with Gasteiger partial charge >= 0.3 is 5.97 Å². The highest BCUT2D eigenvalue weighted by molar-refractivity contribution is 9.10. The van der Waals surface area contributed by atoms with Gasteiger partial charge in [-0.2, -0.15) is 0 Å². The van der Waals surface area contributed by atoms with Gasteiger partial charge in [-0.3, -0.25) is 9.69 Å². The molecule has 0 radical (unpaired) electrons. The van der Waals surface area contributed by atoms with Crippen LogP contribution in [-0.4, -0.2) is 36.5 Å². The number of nitrogens with zero attached hydrogens (tertiary/aromatic N) is 1. The number of rotatable bonds is 8. The molecule has 1 amide bonds. The van der Waals surface area contributed by atoms with E-state index in [0.29, 0.717) is 39.5 Å². The van der Waals surface area contributed by atoms with Crippen LogP contribution in [0.15, 0.2) is 40.9 Å². The van der Waals surface area contributed by atoms with Crippen molar-refractivity contribution in [1.82, 2.24) is 4.90 Å². The average Bonchev–Trinajstić information content (AvgIpc) is 2.68. The molecule has 0 atom stereocenters. The third kappa shape index (κ3) is 5.80. The first-order chi connectivity index (χ1) is 13.4. The molecule has 1 N–H and O–H groups in total. The summed E-state index contributed by atoms with van der Waals surface area (Å²) in [6.07, 6.45) is 0. The molecule has 0 aliphatic rings. The predicted molar refractivity (Wildman–Crippen MR) is 116 cm³/mol. The first-order valence-corrected chi connectivity index (χ1v) is 10.3. The second-order valence-corrected chi connectivity index (χ2v) is 7.43. The number of esters is 1. The van der Waals surface area contributed by atoms with Crippen LogP contribution in [-0.2, 0) is 11.3 Å². The third-order valence-corrected chi connectivity index (χ3v) is 5.19. The lowest BCUT2D eigenvalue weighted by atomic mass is 10.1. The summed E-state index contributed by atoms with van der Waals surface area (Å²) >= 11 is 9.40. The second kappa shape index (κ2) is 10.6. The number of anilines is 1. The van der Waals surface area contributed by atoms with Crippen LogP contribution in [0.4, 0.5) is 5.69 Å². The largest absolute Gasteiger partial charge is 0.462 e. The van der Waals surface area contributed by atoms with E-state index in [-0.39, 0.29) is 11.9 Å². The van der Waals surface area contributed by atoms with Crippen LogP contribution in [0.2, 0.25) is 5.02 Å². The highest BCUT2D eigenvalue weighted by Gasteiger charge is 2.18. The van der Waals surface area contributed by atoms with Gasteiger partial charge in [0.15, 0.2) is 0 Å². The van der Waals surface area contributed by atoms with Gasteiger partial charge in [0.25, 0.3) is 5.91 Å². The lowest BCUT2D eigenvalue weighted by Gasteiger charge is -2.22. The molecule has 28 heavy (non-hydrogen) atoms. The summed E-state index contributed by atoms with van der Waals surface area (Å²) in [7, 11) is 0. The molecule has 2 aromatic carbocycles. The van der Waals surface area contributed by atoms with E-state index in [1.807, 2.05) is 0 Å². The van der Waals surface area contributed by atoms with Crippen molar-refractivity contribution >= 4 is 45.1 Å². The Kier molecular flexibility index (Phi) is 8.48. The molecule has 0 fully saturated rings. The number of benzene rings is 2. The van der Waals surface area contributed by atoms with E-state index in [4.69, 9.17) is 16.3 Å². The van der Waals surface area contributed by atoms with Crippen molar-refractivity contribution in [3.05, 3.63) is 62.6 Å².